The van der Waals surface area contributed by atoms with Crippen LogP contribution in [0.2, 0.25) is 0 Å². The Morgan fingerprint density at radius 2 is 1.88 bits per heavy atom. The number of imide groups is 1. The van der Waals surface area contributed by atoms with Gasteiger partial charge in [-0.05, 0) is 44.5 Å². The lowest BCUT2D eigenvalue weighted by Crippen LogP contribution is -2.38. The summed E-state index contributed by atoms with van der Waals surface area (Å²) < 4.78 is 30.6. The zero-order valence-corrected chi connectivity index (χ0v) is 15.0. The van der Waals surface area contributed by atoms with Crippen molar-refractivity contribution >= 4 is 28.1 Å². The zero-order valence-electron chi connectivity index (χ0n) is 14.1. The molecule has 2 rings (SSSR count). The van der Waals surface area contributed by atoms with Crippen LogP contribution in [-0.2, 0) is 21.3 Å². The summed E-state index contributed by atoms with van der Waals surface area (Å²) in [6.07, 6.45) is -2.47. The fourth-order valence-electron chi connectivity index (χ4n) is 2.19. The van der Waals surface area contributed by atoms with Crippen molar-refractivity contribution in [2.45, 2.75) is 37.8 Å². The Kier molecular flexibility index (Phi) is 4.51. The van der Waals surface area contributed by atoms with Gasteiger partial charge >= 0.3 is 12.2 Å². The van der Waals surface area contributed by atoms with Crippen molar-refractivity contribution in [1.82, 2.24) is 9.21 Å². The van der Waals surface area contributed by atoms with Gasteiger partial charge in [0.25, 0.3) is 15.9 Å². The van der Waals surface area contributed by atoms with Crippen molar-refractivity contribution < 1.29 is 32.6 Å². The third-order valence-electron chi connectivity index (χ3n) is 3.42. The number of ether oxygens (including phenoxy) is 1. The van der Waals surface area contributed by atoms with Crippen LogP contribution in [0.15, 0.2) is 23.1 Å². The van der Waals surface area contributed by atoms with E-state index in [4.69, 9.17) is 9.84 Å². The van der Waals surface area contributed by atoms with Crippen molar-refractivity contribution in [3.8, 4) is 0 Å². The highest BCUT2D eigenvalue weighted by atomic mass is 32.2. The largest absolute Gasteiger partial charge is 0.465 e. The van der Waals surface area contributed by atoms with Gasteiger partial charge in [-0.2, -0.15) is 0 Å². The average Bonchev–Trinajstić information content (AvgIpc) is 2.81. The van der Waals surface area contributed by atoms with E-state index in [0.717, 1.165) is 13.1 Å². The minimum atomic E-state index is -4.21. The fourth-order valence-corrected chi connectivity index (χ4v) is 3.28. The summed E-state index contributed by atoms with van der Waals surface area (Å²) in [7, 11) is -3.14. The molecule has 0 aromatic heterocycles. The molecule has 1 aromatic rings. The van der Waals surface area contributed by atoms with E-state index in [1.165, 1.54) is 12.1 Å². The maximum Gasteiger partial charge on any atom is 0.424 e. The lowest BCUT2D eigenvalue weighted by molar-refractivity contribution is 0.0420. The number of hydrogen-bond donors (Lipinski definition) is 1. The molecule has 0 bridgehead atoms. The van der Waals surface area contributed by atoms with Gasteiger partial charge in [0.1, 0.15) is 5.60 Å². The first kappa shape index (κ1) is 18.7. The molecule has 1 heterocycles. The van der Waals surface area contributed by atoms with Crippen molar-refractivity contribution in [2.24, 2.45) is 0 Å². The van der Waals surface area contributed by atoms with Crippen LogP contribution in [0.4, 0.5) is 9.59 Å². The maximum absolute atomic E-state index is 12.6. The van der Waals surface area contributed by atoms with E-state index in [-0.39, 0.29) is 22.6 Å². The van der Waals surface area contributed by atoms with Crippen molar-refractivity contribution in [3.63, 3.8) is 0 Å². The lowest BCUT2D eigenvalue weighted by atomic mass is 10.1. The van der Waals surface area contributed by atoms with Crippen LogP contribution in [-0.4, -0.2) is 53.5 Å². The maximum atomic E-state index is 12.6. The second-order valence-corrected chi connectivity index (χ2v) is 8.41. The highest BCUT2D eigenvalue weighted by Gasteiger charge is 2.35. The Balaban J connectivity index is 2.34. The summed E-state index contributed by atoms with van der Waals surface area (Å²) in [5.41, 5.74) is -0.500. The molecule has 0 atom stereocenters. The van der Waals surface area contributed by atoms with Crippen LogP contribution < -0.4 is 0 Å². The van der Waals surface area contributed by atoms with Gasteiger partial charge in [0.2, 0.25) is 0 Å². The molecule has 0 aliphatic carbocycles. The van der Waals surface area contributed by atoms with E-state index in [0.29, 0.717) is 9.21 Å². The molecule has 1 aliphatic heterocycles. The number of carboxylic acid groups (broad SMARTS) is 1. The number of fused-ring (bicyclic) bond motifs is 1. The van der Waals surface area contributed by atoms with E-state index in [2.05, 4.69) is 0 Å². The molecule has 0 saturated carbocycles. The van der Waals surface area contributed by atoms with Gasteiger partial charge in [0.05, 0.1) is 11.4 Å². The van der Waals surface area contributed by atoms with Crippen LogP contribution in [0.3, 0.4) is 0 Å². The first-order valence-electron chi connectivity index (χ1n) is 7.24. The molecule has 1 N–H and O–H groups in total. The van der Waals surface area contributed by atoms with Crippen LogP contribution >= 0.6 is 0 Å². The minimum Gasteiger partial charge on any atom is -0.465 e. The van der Waals surface area contributed by atoms with Crippen LogP contribution in [0.1, 0.15) is 36.7 Å². The van der Waals surface area contributed by atoms with Crippen molar-refractivity contribution in [3.05, 3.63) is 29.3 Å². The van der Waals surface area contributed by atoms with Crippen LogP contribution in [0, 0.1) is 0 Å². The van der Waals surface area contributed by atoms with Crippen molar-refractivity contribution in [1.29, 1.82) is 0 Å². The zero-order chi connectivity index (χ0) is 19.2. The van der Waals surface area contributed by atoms with E-state index in [9.17, 15) is 22.8 Å². The quantitative estimate of drug-likeness (QED) is 0.843. The van der Waals surface area contributed by atoms with Gasteiger partial charge in [0, 0.05) is 12.6 Å². The molecular formula is C15H18N2O7S. The van der Waals surface area contributed by atoms with Gasteiger partial charge in [-0.25, -0.2) is 27.2 Å². The third kappa shape index (κ3) is 3.58. The average molecular weight is 370 g/mol. The molecule has 136 valence electrons. The summed E-state index contributed by atoms with van der Waals surface area (Å²) in [5, 5.41) is 8.97. The molecule has 25 heavy (non-hydrogen) atoms. The first-order chi connectivity index (χ1) is 11.3. The first-order valence-corrected chi connectivity index (χ1v) is 8.68. The summed E-state index contributed by atoms with van der Waals surface area (Å²) in [6, 6.07) is 3.57. The number of amides is 3. The Hall–Kier alpha value is -2.62. The molecule has 3 amide bonds. The molecule has 0 unspecified atom stereocenters. The predicted octanol–water partition coefficient (Wildman–Crippen LogP) is 1.88. The lowest BCUT2D eigenvalue weighted by Gasteiger charge is -2.24. The van der Waals surface area contributed by atoms with Crippen molar-refractivity contribution in [2.75, 3.05) is 7.05 Å². The smallest absolute Gasteiger partial charge is 0.424 e. The van der Waals surface area contributed by atoms with E-state index in [1.54, 1.807) is 20.8 Å². The predicted molar refractivity (Wildman–Crippen MR) is 85.5 cm³/mol. The Bertz CT molecular complexity index is 855. The Morgan fingerprint density at radius 1 is 1.28 bits per heavy atom. The highest BCUT2D eigenvalue weighted by Crippen LogP contribution is 2.27. The highest BCUT2D eigenvalue weighted by molar-refractivity contribution is 7.89. The Morgan fingerprint density at radius 3 is 2.40 bits per heavy atom. The molecule has 0 spiro atoms. The number of nitrogens with zero attached hydrogens (tertiary/aromatic N) is 2. The van der Waals surface area contributed by atoms with Gasteiger partial charge in [0.15, 0.2) is 0 Å². The molecular weight excluding hydrogens is 352 g/mol. The molecule has 1 aromatic carbocycles. The van der Waals surface area contributed by atoms with Gasteiger partial charge in [-0.15, -0.1) is 0 Å². The fraction of sp³-hybridized carbons (Fsp3) is 0.400. The number of carbonyl (C=O) groups excluding carboxylic acids is 2. The minimum absolute atomic E-state index is 0.112. The summed E-state index contributed by atoms with van der Waals surface area (Å²) in [4.78, 5) is 35.3. The molecule has 10 heteroatoms. The van der Waals surface area contributed by atoms with E-state index >= 15 is 0 Å². The molecule has 0 radical (unpaired) electrons. The van der Waals surface area contributed by atoms with E-state index < -0.39 is 33.7 Å². The van der Waals surface area contributed by atoms with Crippen LogP contribution in [0.25, 0.3) is 0 Å². The number of sulfonamides is 1. The van der Waals surface area contributed by atoms with Crippen LogP contribution in [0.5, 0.6) is 0 Å². The third-order valence-corrected chi connectivity index (χ3v) is 5.14. The number of rotatable bonds is 2. The normalized spacial score (nSPS) is 14.2. The standard InChI is InChI=1S/C15H18N2O7S/c1-15(2,3)24-14(21)16(4)25(22,23)10-5-6-11-9(7-10)8-17(12(11)18)13(19)20/h5-7H,8H2,1-4H3,(H,19,20). The van der Waals surface area contributed by atoms with E-state index in [1.807, 2.05) is 0 Å². The molecule has 0 fully saturated rings. The number of benzene rings is 1. The second kappa shape index (κ2) is 6.03. The summed E-state index contributed by atoms with van der Waals surface area (Å²) in [5.74, 6) is -0.716. The topological polar surface area (TPSA) is 121 Å². The SMILES string of the molecule is CN(C(=O)OC(C)(C)C)S(=O)(=O)c1ccc2c(c1)CN(C(=O)O)C2=O. The second-order valence-electron chi connectivity index (χ2n) is 6.45. The number of carbonyl (C=O) groups is 3. The van der Waals surface area contributed by atoms with Gasteiger partial charge < -0.3 is 9.84 Å². The summed E-state index contributed by atoms with van der Waals surface area (Å²) in [6.45, 7) is 4.57. The molecule has 0 saturated heterocycles. The molecule has 9 nitrogen and oxygen atoms in total. The molecule has 1 aliphatic rings. The summed E-state index contributed by atoms with van der Waals surface area (Å²) >= 11 is 0. The van der Waals surface area contributed by atoms with Gasteiger partial charge in [-0.1, -0.05) is 0 Å². The Labute approximate surface area is 144 Å². The monoisotopic (exact) mass is 370 g/mol. The van der Waals surface area contributed by atoms with Gasteiger partial charge in [-0.3, -0.25) is 4.79 Å². The number of hydrogen-bond acceptors (Lipinski definition) is 6.